The maximum absolute atomic E-state index is 13.9. The van der Waals surface area contributed by atoms with Crippen molar-refractivity contribution in [2.75, 3.05) is 39.3 Å². The maximum atomic E-state index is 13.9. The molecule has 0 bridgehead atoms. The molecule has 128 valence electrons. The van der Waals surface area contributed by atoms with Crippen LogP contribution in [0.1, 0.15) is 31.2 Å². The van der Waals surface area contributed by atoms with Gasteiger partial charge in [-0.2, -0.15) is 0 Å². The molecule has 0 radical (unpaired) electrons. The zero-order valence-electron chi connectivity index (χ0n) is 13.6. The molecule has 0 spiro atoms. The SMILES string of the molecule is OCC1(CN2CCCC2)CCN(Cc2ccc(Cl)cc2F)CC1. The molecule has 5 heteroatoms. The van der Waals surface area contributed by atoms with Gasteiger partial charge in [0.15, 0.2) is 0 Å². The van der Waals surface area contributed by atoms with Crippen molar-refractivity contribution in [3.63, 3.8) is 0 Å². The molecule has 2 fully saturated rings. The van der Waals surface area contributed by atoms with Crippen molar-refractivity contribution in [3.05, 3.63) is 34.6 Å². The van der Waals surface area contributed by atoms with Gasteiger partial charge >= 0.3 is 0 Å². The fourth-order valence-electron chi connectivity index (χ4n) is 3.86. The van der Waals surface area contributed by atoms with E-state index in [4.69, 9.17) is 11.6 Å². The van der Waals surface area contributed by atoms with Crippen LogP contribution in [0, 0.1) is 11.2 Å². The first kappa shape index (κ1) is 17.2. The first-order chi connectivity index (χ1) is 11.1. The summed E-state index contributed by atoms with van der Waals surface area (Å²) in [6.07, 6.45) is 4.53. The Bertz CT molecular complexity index is 526. The van der Waals surface area contributed by atoms with Crippen molar-refractivity contribution < 1.29 is 9.50 Å². The largest absolute Gasteiger partial charge is 0.396 e. The number of aliphatic hydroxyl groups excluding tert-OH is 1. The summed E-state index contributed by atoms with van der Waals surface area (Å²) in [4.78, 5) is 4.77. The minimum atomic E-state index is -0.228. The molecule has 0 amide bonds. The molecule has 2 aliphatic heterocycles. The summed E-state index contributed by atoms with van der Waals surface area (Å²) in [6.45, 7) is 6.04. The standard InChI is InChI=1S/C18H26ClFN2O/c19-16-4-3-15(17(20)11-16)12-21-9-5-18(14-23,6-10-21)13-22-7-1-2-8-22/h3-4,11,23H,1-2,5-10,12-14H2. The number of nitrogens with zero attached hydrogens (tertiary/aromatic N) is 2. The average Bonchev–Trinajstić information content (AvgIpc) is 3.05. The highest BCUT2D eigenvalue weighted by molar-refractivity contribution is 6.30. The van der Waals surface area contributed by atoms with E-state index in [0.29, 0.717) is 17.1 Å². The van der Waals surface area contributed by atoms with Crippen molar-refractivity contribution >= 4 is 11.6 Å². The van der Waals surface area contributed by atoms with Crippen molar-refractivity contribution in [3.8, 4) is 0 Å². The molecule has 2 aliphatic rings. The highest BCUT2D eigenvalue weighted by Crippen LogP contribution is 2.33. The molecular formula is C18H26ClFN2O. The van der Waals surface area contributed by atoms with Crippen LogP contribution in [0.4, 0.5) is 4.39 Å². The monoisotopic (exact) mass is 340 g/mol. The quantitative estimate of drug-likeness (QED) is 0.892. The van der Waals surface area contributed by atoms with Gasteiger partial charge in [0, 0.05) is 29.1 Å². The zero-order valence-corrected chi connectivity index (χ0v) is 14.4. The van der Waals surface area contributed by atoms with Crippen LogP contribution in [0.25, 0.3) is 0 Å². The number of hydrogen-bond acceptors (Lipinski definition) is 3. The smallest absolute Gasteiger partial charge is 0.129 e. The van der Waals surface area contributed by atoms with E-state index in [9.17, 15) is 9.50 Å². The Balaban J connectivity index is 1.56. The summed E-state index contributed by atoms with van der Waals surface area (Å²) in [5.41, 5.74) is 0.727. The zero-order chi connectivity index (χ0) is 16.3. The van der Waals surface area contributed by atoms with E-state index in [-0.39, 0.29) is 17.8 Å². The van der Waals surface area contributed by atoms with Gasteiger partial charge in [0.25, 0.3) is 0 Å². The highest BCUT2D eigenvalue weighted by Gasteiger charge is 2.36. The van der Waals surface area contributed by atoms with E-state index in [0.717, 1.165) is 32.5 Å². The molecular weight excluding hydrogens is 315 g/mol. The van der Waals surface area contributed by atoms with Crippen LogP contribution in [0.5, 0.6) is 0 Å². The van der Waals surface area contributed by atoms with E-state index < -0.39 is 0 Å². The van der Waals surface area contributed by atoms with Gasteiger partial charge in [-0.1, -0.05) is 17.7 Å². The first-order valence-electron chi connectivity index (χ1n) is 8.60. The van der Waals surface area contributed by atoms with E-state index in [1.165, 1.54) is 32.0 Å². The summed E-state index contributed by atoms with van der Waals surface area (Å²) in [6, 6.07) is 4.90. The lowest BCUT2D eigenvalue weighted by atomic mass is 9.78. The molecule has 0 aliphatic carbocycles. The number of hydrogen-bond donors (Lipinski definition) is 1. The fraction of sp³-hybridized carbons (Fsp3) is 0.667. The maximum Gasteiger partial charge on any atom is 0.129 e. The van der Waals surface area contributed by atoms with Crippen LogP contribution in [0.15, 0.2) is 18.2 Å². The predicted molar refractivity (Wildman–Crippen MR) is 91.1 cm³/mol. The Morgan fingerprint density at radius 3 is 2.39 bits per heavy atom. The summed E-state index contributed by atoms with van der Waals surface area (Å²) in [5.74, 6) is -0.228. The Morgan fingerprint density at radius 1 is 1.09 bits per heavy atom. The Kier molecular flexibility index (Phi) is 5.57. The predicted octanol–water partition coefficient (Wildman–Crippen LogP) is 3.15. The molecule has 0 aromatic heterocycles. The van der Waals surface area contributed by atoms with Crippen molar-refractivity contribution in [1.29, 1.82) is 0 Å². The van der Waals surface area contributed by atoms with Crippen molar-refractivity contribution in [2.45, 2.75) is 32.2 Å². The van der Waals surface area contributed by atoms with Gasteiger partial charge in [-0.25, -0.2) is 4.39 Å². The molecule has 0 atom stereocenters. The minimum Gasteiger partial charge on any atom is -0.396 e. The van der Waals surface area contributed by atoms with Crippen LogP contribution in [-0.2, 0) is 6.54 Å². The van der Waals surface area contributed by atoms with Crippen molar-refractivity contribution in [1.82, 2.24) is 9.80 Å². The van der Waals surface area contributed by atoms with Gasteiger partial charge in [0.1, 0.15) is 5.82 Å². The molecule has 0 unspecified atom stereocenters. The van der Waals surface area contributed by atoms with Gasteiger partial charge in [0.2, 0.25) is 0 Å². The Labute approximate surface area is 143 Å². The molecule has 2 heterocycles. The molecule has 3 nitrogen and oxygen atoms in total. The van der Waals surface area contributed by atoms with Gasteiger partial charge in [-0.05, 0) is 64.0 Å². The summed E-state index contributed by atoms with van der Waals surface area (Å²) in [5, 5.41) is 10.4. The van der Waals surface area contributed by atoms with Crippen LogP contribution in [-0.4, -0.2) is 54.2 Å². The fourth-order valence-corrected chi connectivity index (χ4v) is 4.02. The van der Waals surface area contributed by atoms with Crippen LogP contribution >= 0.6 is 11.6 Å². The molecule has 23 heavy (non-hydrogen) atoms. The van der Waals surface area contributed by atoms with Crippen LogP contribution in [0.3, 0.4) is 0 Å². The lowest BCUT2D eigenvalue weighted by Gasteiger charge is -2.42. The number of halogens is 2. The molecule has 1 aromatic rings. The lowest BCUT2D eigenvalue weighted by Crippen LogP contribution is -2.47. The molecule has 2 saturated heterocycles. The Morgan fingerprint density at radius 2 is 1.78 bits per heavy atom. The van der Waals surface area contributed by atoms with Crippen molar-refractivity contribution in [2.24, 2.45) is 5.41 Å². The highest BCUT2D eigenvalue weighted by atomic mass is 35.5. The normalized spacial score (nSPS) is 22.6. The molecule has 1 N–H and O–H groups in total. The molecule has 1 aromatic carbocycles. The number of aliphatic hydroxyl groups is 1. The van der Waals surface area contributed by atoms with Gasteiger partial charge in [-0.3, -0.25) is 4.90 Å². The lowest BCUT2D eigenvalue weighted by molar-refractivity contribution is 0.0162. The second-order valence-electron chi connectivity index (χ2n) is 7.15. The van der Waals surface area contributed by atoms with E-state index >= 15 is 0 Å². The topological polar surface area (TPSA) is 26.7 Å². The molecule has 0 saturated carbocycles. The summed E-state index contributed by atoms with van der Waals surface area (Å²) < 4.78 is 13.9. The second kappa shape index (κ2) is 7.47. The number of rotatable bonds is 5. The van der Waals surface area contributed by atoms with E-state index in [2.05, 4.69) is 9.80 Å². The number of piperidine rings is 1. The number of likely N-dealkylation sites (tertiary alicyclic amines) is 2. The average molecular weight is 341 g/mol. The van der Waals surface area contributed by atoms with E-state index in [1.54, 1.807) is 12.1 Å². The molecule has 3 rings (SSSR count). The third kappa shape index (κ3) is 4.24. The first-order valence-corrected chi connectivity index (χ1v) is 8.98. The van der Waals surface area contributed by atoms with Gasteiger partial charge < -0.3 is 10.0 Å². The van der Waals surface area contributed by atoms with Gasteiger partial charge in [-0.15, -0.1) is 0 Å². The number of benzene rings is 1. The van der Waals surface area contributed by atoms with Crippen LogP contribution in [0.2, 0.25) is 5.02 Å². The minimum absolute atomic E-state index is 0.0272. The summed E-state index contributed by atoms with van der Waals surface area (Å²) >= 11 is 5.81. The van der Waals surface area contributed by atoms with Crippen LogP contribution < -0.4 is 0 Å². The van der Waals surface area contributed by atoms with E-state index in [1.807, 2.05) is 0 Å². The second-order valence-corrected chi connectivity index (χ2v) is 7.59. The third-order valence-corrected chi connectivity index (χ3v) is 5.65. The van der Waals surface area contributed by atoms with Gasteiger partial charge in [0.05, 0.1) is 6.61 Å². The summed E-state index contributed by atoms with van der Waals surface area (Å²) in [7, 11) is 0. The third-order valence-electron chi connectivity index (χ3n) is 5.42. The Hall–Kier alpha value is -0.680.